The van der Waals surface area contributed by atoms with Crippen LogP contribution in [-0.4, -0.2) is 16.1 Å². The van der Waals surface area contributed by atoms with E-state index in [0.717, 1.165) is 31.8 Å². The van der Waals surface area contributed by atoms with Gasteiger partial charge in [0.15, 0.2) is 0 Å². The van der Waals surface area contributed by atoms with Crippen molar-refractivity contribution in [3.63, 3.8) is 0 Å². The number of nitrogens with one attached hydrogen (secondary N) is 1. The quantitative estimate of drug-likeness (QED) is 0.838. The van der Waals surface area contributed by atoms with E-state index in [1.165, 1.54) is 16.7 Å². The molecule has 0 spiro atoms. The maximum atomic E-state index is 4.60. The van der Waals surface area contributed by atoms with Crippen molar-refractivity contribution < 1.29 is 0 Å². The number of benzene rings is 1. The third kappa shape index (κ3) is 3.94. The Balaban J connectivity index is 2.26. The first-order chi connectivity index (χ1) is 10.2. The molecular weight excluding hydrogens is 258 g/mol. The molecule has 3 heteroatoms. The van der Waals surface area contributed by atoms with Crippen LogP contribution < -0.4 is 5.32 Å². The van der Waals surface area contributed by atoms with E-state index in [2.05, 4.69) is 67.0 Å². The molecule has 2 aromatic rings. The molecule has 1 aromatic heterocycles. The molecule has 0 fully saturated rings. The van der Waals surface area contributed by atoms with E-state index in [0.29, 0.717) is 0 Å². The minimum absolute atomic E-state index is 0.275. The minimum Gasteiger partial charge on any atom is -0.334 e. The Labute approximate surface area is 128 Å². The van der Waals surface area contributed by atoms with Crippen molar-refractivity contribution in [1.29, 1.82) is 0 Å². The number of nitrogens with zero attached hydrogens (tertiary/aromatic N) is 2. The van der Waals surface area contributed by atoms with Gasteiger partial charge in [0.25, 0.3) is 0 Å². The Bertz CT molecular complexity index is 572. The zero-order valence-corrected chi connectivity index (χ0v) is 13.7. The van der Waals surface area contributed by atoms with Gasteiger partial charge in [0.2, 0.25) is 0 Å². The van der Waals surface area contributed by atoms with Gasteiger partial charge < -0.3 is 9.88 Å². The Kier molecular flexibility index (Phi) is 5.57. The van der Waals surface area contributed by atoms with Gasteiger partial charge in [-0.2, -0.15) is 0 Å². The highest BCUT2D eigenvalue weighted by Gasteiger charge is 2.17. The first kappa shape index (κ1) is 15.8. The highest BCUT2D eigenvalue weighted by Crippen LogP contribution is 2.21. The molecule has 1 aromatic carbocycles. The third-order valence-corrected chi connectivity index (χ3v) is 3.90. The average molecular weight is 285 g/mol. The van der Waals surface area contributed by atoms with E-state index in [9.17, 15) is 0 Å². The van der Waals surface area contributed by atoms with Gasteiger partial charge in [-0.25, -0.2) is 4.98 Å². The highest BCUT2D eigenvalue weighted by molar-refractivity contribution is 5.31. The average Bonchev–Trinajstić information content (AvgIpc) is 2.91. The Morgan fingerprint density at radius 1 is 1.24 bits per heavy atom. The predicted octanol–water partition coefficient (Wildman–Crippen LogP) is 3.80. The van der Waals surface area contributed by atoms with Crippen molar-refractivity contribution in [2.45, 2.75) is 53.1 Å². The predicted molar refractivity (Wildman–Crippen MR) is 88.6 cm³/mol. The highest BCUT2D eigenvalue weighted by atomic mass is 15.1. The van der Waals surface area contributed by atoms with E-state index >= 15 is 0 Å². The van der Waals surface area contributed by atoms with Crippen LogP contribution in [0.25, 0.3) is 0 Å². The zero-order chi connectivity index (χ0) is 15.2. The summed E-state index contributed by atoms with van der Waals surface area (Å²) in [6.45, 7) is 10.7. The third-order valence-electron chi connectivity index (χ3n) is 3.90. The van der Waals surface area contributed by atoms with Crippen molar-refractivity contribution in [2.75, 3.05) is 6.54 Å². The number of likely N-dealkylation sites (N-methyl/N-ethyl adjacent to an activating group) is 1. The number of aromatic nitrogens is 2. The second-order valence-corrected chi connectivity index (χ2v) is 5.72. The normalized spacial score (nSPS) is 12.6. The molecule has 0 saturated heterocycles. The standard InChI is InChI=1S/C18H27N3/c1-5-10-21-11-9-20-18(21)17(19-6-2)13-16-12-14(3)7-8-15(16)4/h7-9,11-12,17,19H,5-6,10,13H2,1-4H3. The molecule has 21 heavy (non-hydrogen) atoms. The van der Waals surface area contributed by atoms with Crippen molar-refractivity contribution in [3.8, 4) is 0 Å². The van der Waals surface area contributed by atoms with E-state index in [1.807, 2.05) is 6.20 Å². The molecule has 0 aliphatic heterocycles. The van der Waals surface area contributed by atoms with Crippen molar-refractivity contribution >= 4 is 0 Å². The molecular formula is C18H27N3. The van der Waals surface area contributed by atoms with Gasteiger partial charge in [0.1, 0.15) is 5.82 Å². The van der Waals surface area contributed by atoms with Crippen LogP contribution in [0.1, 0.15) is 48.8 Å². The first-order valence-electron chi connectivity index (χ1n) is 7.96. The summed E-state index contributed by atoms with van der Waals surface area (Å²) in [5.41, 5.74) is 4.09. The van der Waals surface area contributed by atoms with Crippen LogP contribution in [0.2, 0.25) is 0 Å². The van der Waals surface area contributed by atoms with Crippen LogP contribution in [0.4, 0.5) is 0 Å². The largest absolute Gasteiger partial charge is 0.334 e. The van der Waals surface area contributed by atoms with Gasteiger partial charge in [-0.15, -0.1) is 0 Å². The van der Waals surface area contributed by atoms with Gasteiger partial charge in [-0.3, -0.25) is 0 Å². The smallest absolute Gasteiger partial charge is 0.126 e. The Morgan fingerprint density at radius 3 is 2.76 bits per heavy atom. The molecule has 1 heterocycles. The second-order valence-electron chi connectivity index (χ2n) is 5.72. The topological polar surface area (TPSA) is 29.9 Å². The first-order valence-corrected chi connectivity index (χ1v) is 7.96. The molecule has 0 radical (unpaired) electrons. The minimum atomic E-state index is 0.275. The van der Waals surface area contributed by atoms with Crippen molar-refractivity contribution in [3.05, 3.63) is 53.1 Å². The maximum Gasteiger partial charge on any atom is 0.126 e. The van der Waals surface area contributed by atoms with Crippen LogP contribution in [0.15, 0.2) is 30.6 Å². The Hall–Kier alpha value is -1.61. The monoisotopic (exact) mass is 285 g/mol. The summed E-state index contributed by atoms with van der Waals surface area (Å²) in [5, 5.41) is 3.60. The van der Waals surface area contributed by atoms with E-state index < -0.39 is 0 Å². The lowest BCUT2D eigenvalue weighted by molar-refractivity contribution is 0.487. The summed E-state index contributed by atoms with van der Waals surface area (Å²) in [7, 11) is 0. The summed E-state index contributed by atoms with van der Waals surface area (Å²) < 4.78 is 2.28. The molecule has 0 aliphatic carbocycles. The lowest BCUT2D eigenvalue weighted by atomic mass is 9.98. The van der Waals surface area contributed by atoms with Crippen LogP contribution >= 0.6 is 0 Å². The lowest BCUT2D eigenvalue weighted by Gasteiger charge is -2.20. The van der Waals surface area contributed by atoms with Gasteiger partial charge >= 0.3 is 0 Å². The summed E-state index contributed by atoms with van der Waals surface area (Å²) in [6, 6.07) is 6.97. The number of rotatable bonds is 7. The van der Waals surface area contributed by atoms with Crippen molar-refractivity contribution in [2.24, 2.45) is 0 Å². The van der Waals surface area contributed by atoms with Gasteiger partial charge in [0, 0.05) is 18.9 Å². The molecule has 3 nitrogen and oxygen atoms in total. The molecule has 0 saturated carbocycles. The molecule has 2 rings (SSSR count). The van der Waals surface area contributed by atoms with Crippen LogP contribution in [-0.2, 0) is 13.0 Å². The number of hydrogen-bond acceptors (Lipinski definition) is 2. The Morgan fingerprint density at radius 2 is 2.05 bits per heavy atom. The lowest BCUT2D eigenvalue weighted by Crippen LogP contribution is -2.26. The molecule has 0 aliphatic rings. The van der Waals surface area contributed by atoms with Crippen LogP contribution in [0.5, 0.6) is 0 Å². The number of aryl methyl sites for hydroxylation is 3. The fourth-order valence-corrected chi connectivity index (χ4v) is 2.80. The van der Waals surface area contributed by atoms with E-state index in [1.54, 1.807) is 0 Å². The molecule has 1 atom stereocenters. The number of hydrogen-bond donors (Lipinski definition) is 1. The van der Waals surface area contributed by atoms with E-state index in [-0.39, 0.29) is 6.04 Å². The zero-order valence-electron chi connectivity index (χ0n) is 13.7. The van der Waals surface area contributed by atoms with E-state index in [4.69, 9.17) is 0 Å². The number of imidazole rings is 1. The SMILES string of the molecule is CCCn1ccnc1C(Cc1cc(C)ccc1C)NCC. The molecule has 114 valence electrons. The molecule has 0 bridgehead atoms. The second kappa shape index (κ2) is 7.41. The molecule has 1 unspecified atom stereocenters. The summed E-state index contributed by atoms with van der Waals surface area (Å²) in [4.78, 5) is 4.60. The summed E-state index contributed by atoms with van der Waals surface area (Å²) in [5.74, 6) is 1.15. The maximum absolute atomic E-state index is 4.60. The molecule has 1 N–H and O–H groups in total. The van der Waals surface area contributed by atoms with Gasteiger partial charge in [-0.1, -0.05) is 37.6 Å². The fourth-order valence-electron chi connectivity index (χ4n) is 2.80. The van der Waals surface area contributed by atoms with Crippen LogP contribution in [0, 0.1) is 13.8 Å². The summed E-state index contributed by atoms with van der Waals surface area (Å²) in [6.07, 6.45) is 6.12. The fraction of sp³-hybridized carbons (Fsp3) is 0.500. The summed E-state index contributed by atoms with van der Waals surface area (Å²) >= 11 is 0. The van der Waals surface area contributed by atoms with Gasteiger partial charge in [-0.05, 0) is 44.4 Å². The van der Waals surface area contributed by atoms with Gasteiger partial charge in [0.05, 0.1) is 6.04 Å². The molecule has 0 amide bonds. The van der Waals surface area contributed by atoms with Crippen molar-refractivity contribution in [1.82, 2.24) is 14.9 Å². The van der Waals surface area contributed by atoms with Crippen LogP contribution in [0.3, 0.4) is 0 Å².